The van der Waals surface area contributed by atoms with Gasteiger partial charge in [0.15, 0.2) is 16.4 Å². The van der Waals surface area contributed by atoms with Crippen molar-refractivity contribution < 1.29 is 22.7 Å². The third kappa shape index (κ3) is 6.66. The highest BCUT2D eigenvalue weighted by atomic mass is 32.2. The Bertz CT molecular complexity index is 952. The van der Waals surface area contributed by atoms with Crippen LogP contribution in [0.15, 0.2) is 60.7 Å². The van der Waals surface area contributed by atoms with Crippen LogP contribution in [0.1, 0.15) is 49.7 Å². The number of nitrogens with zero attached hydrogens (tertiary/aromatic N) is 1. The first-order valence-corrected chi connectivity index (χ1v) is 13.0. The van der Waals surface area contributed by atoms with Crippen molar-refractivity contribution in [2.45, 2.75) is 44.6 Å². The number of carbonyl (C=O) groups excluding carboxylic acids is 2. The summed E-state index contributed by atoms with van der Waals surface area (Å²) in [5, 5.41) is 0. The van der Waals surface area contributed by atoms with Crippen molar-refractivity contribution in [3.8, 4) is 0 Å². The number of carbonyl (C=O) groups is 2. The monoisotopic (exact) mass is 457 g/mol. The second-order valence-corrected chi connectivity index (χ2v) is 10.5. The Hall–Kier alpha value is -2.67. The van der Waals surface area contributed by atoms with Gasteiger partial charge in [0.05, 0.1) is 17.9 Å². The zero-order chi connectivity index (χ0) is 23.0. The van der Waals surface area contributed by atoms with Gasteiger partial charge in [-0.05, 0) is 24.0 Å². The number of sulfone groups is 1. The molecule has 1 amide bonds. The van der Waals surface area contributed by atoms with Crippen molar-refractivity contribution in [3.63, 3.8) is 0 Å². The van der Waals surface area contributed by atoms with Gasteiger partial charge in [-0.2, -0.15) is 0 Å². The first-order valence-electron chi connectivity index (χ1n) is 11.1. The highest BCUT2D eigenvalue weighted by Crippen LogP contribution is 2.28. The Balaban J connectivity index is 1.64. The maximum atomic E-state index is 12.8. The lowest BCUT2D eigenvalue weighted by molar-refractivity contribution is -0.153. The summed E-state index contributed by atoms with van der Waals surface area (Å²) < 4.78 is 29.1. The van der Waals surface area contributed by atoms with Gasteiger partial charge in [0.1, 0.15) is 0 Å². The van der Waals surface area contributed by atoms with Crippen LogP contribution in [-0.4, -0.2) is 55.9 Å². The number of rotatable bonds is 10. The summed E-state index contributed by atoms with van der Waals surface area (Å²) in [5.41, 5.74) is 2.01. The van der Waals surface area contributed by atoms with Crippen molar-refractivity contribution in [1.82, 2.24) is 4.90 Å². The first kappa shape index (κ1) is 24.0. The quantitative estimate of drug-likeness (QED) is 0.510. The third-order valence-electron chi connectivity index (χ3n) is 5.85. The Labute approximate surface area is 190 Å². The number of hydrogen-bond donors (Lipinski definition) is 0. The molecule has 3 rings (SSSR count). The van der Waals surface area contributed by atoms with E-state index in [2.05, 4.69) is 0 Å². The molecule has 1 fully saturated rings. The average Bonchev–Trinajstić information content (AvgIpc) is 3.16. The average molecular weight is 458 g/mol. The van der Waals surface area contributed by atoms with E-state index in [0.29, 0.717) is 13.0 Å². The van der Waals surface area contributed by atoms with E-state index in [1.54, 1.807) is 4.90 Å². The summed E-state index contributed by atoms with van der Waals surface area (Å²) in [6, 6.07) is 19.1. The van der Waals surface area contributed by atoms with Crippen molar-refractivity contribution >= 4 is 21.7 Å². The second-order valence-electron chi connectivity index (χ2n) is 8.24. The maximum Gasteiger partial charge on any atom is 0.307 e. The summed E-state index contributed by atoms with van der Waals surface area (Å²) in [6.45, 7) is 2.13. The second kappa shape index (κ2) is 11.3. The van der Waals surface area contributed by atoms with Crippen LogP contribution in [0.4, 0.5) is 0 Å². The van der Waals surface area contributed by atoms with Gasteiger partial charge in [-0.15, -0.1) is 0 Å². The summed E-state index contributed by atoms with van der Waals surface area (Å²) in [5.74, 6) is -0.865. The third-order valence-corrected chi connectivity index (χ3v) is 7.60. The normalized spacial score (nSPS) is 17.2. The van der Waals surface area contributed by atoms with E-state index in [0.717, 1.165) is 24.0 Å². The highest BCUT2D eigenvalue weighted by molar-refractivity contribution is 7.91. The van der Waals surface area contributed by atoms with E-state index >= 15 is 0 Å². The molecule has 172 valence electrons. The number of hydrogen-bond acceptors (Lipinski definition) is 5. The van der Waals surface area contributed by atoms with E-state index in [1.165, 1.54) is 0 Å². The van der Waals surface area contributed by atoms with E-state index in [1.807, 2.05) is 67.6 Å². The van der Waals surface area contributed by atoms with Crippen molar-refractivity contribution in [2.24, 2.45) is 0 Å². The number of amides is 1. The van der Waals surface area contributed by atoms with Gasteiger partial charge in [0.25, 0.3) is 5.91 Å². The predicted molar refractivity (Wildman–Crippen MR) is 124 cm³/mol. The molecule has 0 aliphatic carbocycles. The minimum Gasteiger partial charge on any atom is -0.456 e. The fourth-order valence-electron chi connectivity index (χ4n) is 4.11. The van der Waals surface area contributed by atoms with Crippen LogP contribution in [-0.2, 0) is 24.2 Å². The zero-order valence-corrected chi connectivity index (χ0v) is 19.3. The molecule has 0 N–H and O–H groups in total. The van der Waals surface area contributed by atoms with Crippen LogP contribution in [0.2, 0.25) is 0 Å². The van der Waals surface area contributed by atoms with E-state index in [-0.39, 0.29) is 42.4 Å². The highest BCUT2D eigenvalue weighted by Gasteiger charge is 2.34. The molecule has 2 aromatic carbocycles. The van der Waals surface area contributed by atoms with Crippen LogP contribution in [0.5, 0.6) is 0 Å². The Morgan fingerprint density at radius 2 is 1.62 bits per heavy atom. The molecule has 0 spiro atoms. The van der Waals surface area contributed by atoms with Gasteiger partial charge in [0.2, 0.25) is 0 Å². The molecule has 1 heterocycles. The molecule has 1 saturated heterocycles. The summed E-state index contributed by atoms with van der Waals surface area (Å²) in [4.78, 5) is 27.1. The lowest BCUT2D eigenvalue weighted by Gasteiger charge is -2.28. The Morgan fingerprint density at radius 1 is 1.03 bits per heavy atom. The molecule has 1 atom stereocenters. The summed E-state index contributed by atoms with van der Waals surface area (Å²) >= 11 is 0. The largest absolute Gasteiger partial charge is 0.456 e. The van der Waals surface area contributed by atoms with Gasteiger partial charge < -0.3 is 9.64 Å². The Morgan fingerprint density at radius 3 is 2.12 bits per heavy atom. The standard InChI is InChI=1S/C25H31NO5S/c1-2-3-15-26(22-14-16-32(29,30)19-22)24(27)18-31-25(28)17-23(20-10-6-4-7-11-20)21-12-8-5-9-13-21/h4-13,22-23H,2-3,14-19H2,1H3. The fraction of sp³-hybridized carbons (Fsp3) is 0.440. The molecule has 0 aromatic heterocycles. The summed E-state index contributed by atoms with van der Waals surface area (Å²) in [7, 11) is -3.11. The maximum absolute atomic E-state index is 12.8. The smallest absolute Gasteiger partial charge is 0.307 e. The minimum atomic E-state index is -3.11. The molecular formula is C25H31NO5S. The molecule has 1 aliphatic rings. The van der Waals surface area contributed by atoms with Crippen LogP contribution >= 0.6 is 0 Å². The SMILES string of the molecule is CCCCN(C(=O)COC(=O)CC(c1ccccc1)c1ccccc1)C1CCS(=O)(=O)C1. The molecule has 0 bridgehead atoms. The lowest BCUT2D eigenvalue weighted by Crippen LogP contribution is -2.44. The molecule has 6 nitrogen and oxygen atoms in total. The Kier molecular flexibility index (Phi) is 8.45. The molecule has 0 saturated carbocycles. The number of esters is 1. The topological polar surface area (TPSA) is 80.8 Å². The van der Waals surface area contributed by atoms with Gasteiger partial charge in [-0.25, -0.2) is 8.42 Å². The molecular weight excluding hydrogens is 426 g/mol. The molecule has 32 heavy (non-hydrogen) atoms. The van der Waals surface area contributed by atoms with Crippen molar-refractivity contribution in [2.75, 3.05) is 24.7 Å². The van der Waals surface area contributed by atoms with Gasteiger partial charge in [-0.3, -0.25) is 9.59 Å². The lowest BCUT2D eigenvalue weighted by atomic mass is 9.89. The zero-order valence-electron chi connectivity index (χ0n) is 18.5. The fourth-order valence-corrected chi connectivity index (χ4v) is 5.84. The minimum absolute atomic E-state index is 0.0134. The molecule has 0 radical (unpaired) electrons. The summed E-state index contributed by atoms with van der Waals surface area (Å²) in [6.07, 6.45) is 2.23. The molecule has 7 heteroatoms. The van der Waals surface area contributed by atoms with Crippen molar-refractivity contribution in [1.29, 1.82) is 0 Å². The van der Waals surface area contributed by atoms with Crippen LogP contribution in [0, 0.1) is 0 Å². The van der Waals surface area contributed by atoms with Gasteiger partial charge in [0, 0.05) is 18.5 Å². The first-order chi connectivity index (χ1) is 15.4. The molecule has 2 aromatic rings. The molecule has 1 aliphatic heterocycles. The van der Waals surface area contributed by atoms with Gasteiger partial charge >= 0.3 is 5.97 Å². The van der Waals surface area contributed by atoms with Gasteiger partial charge in [-0.1, -0.05) is 74.0 Å². The van der Waals surface area contributed by atoms with Crippen LogP contribution in [0.25, 0.3) is 0 Å². The number of ether oxygens (including phenoxy) is 1. The van der Waals surface area contributed by atoms with E-state index in [4.69, 9.17) is 4.74 Å². The van der Waals surface area contributed by atoms with E-state index in [9.17, 15) is 18.0 Å². The van der Waals surface area contributed by atoms with Crippen molar-refractivity contribution in [3.05, 3.63) is 71.8 Å². The number of benzene rings is 2. The van der Waals surface area contributed by atoms with Crippen LogP contribution < -0.4 is 0 Å². The molecule has 1 unspecified atom stereocenters. The predicted octanol–water partition coefficient (Wildman–Crippen LogP) is 3.57. The van der Waals surface area contributed by atoms with Crippen LogP contribution in [0.3, 0.4) is 0 Å². The van der Waals surface area contributed by atoms with E-state index < -0.39 is 15.8 Å². The number of unbranched alkanes of at least 4 members (excludes halogenated alkanes) is 1.